The molecule has 0 aliphatic carbocycles. The molecule has 9 nitrogen and oxygen atoms in total. The van der Waals surface area contributed by atoms with E-state index >= 15 is 0 Å². The van der Waals surface area contributed by atoms with Crippen LogP contribution in [0.5, 0.6) is 0 Å². The molecule has 0 unspecified atom stereocenters. The molecule has 5 N–H and O–H groups in total. The number of nitrogens with zero attached hydrogens (tertiary/aromatic N) is 4. The van der Waals surface area contributed by atoms with Gasteiger partial charge in [0, 0.05) is 18.9 Å². The van der Waals surface area contributed by atoms with E-state index < -0.39 is 11.8 Å². The van der Waals surface area contributed by atoms with E-state index in [2.05, 4.69) is 15.3 Å². The van der Waals surface area contributed by atoms with Crippen molar-refractivity contribution in [2.75, 3.05) is 29.9 Å². The molecule has 0 spiro atoms. The summed E-state index contributed by atoms with van der Waals surface area (Å²) >= 11 is 0. The molecular formula is C12H17N7O2. The molecular weight excluding hydrogens is 274 g/mol. The van der Waals surface area contributed by atoms with Crippen molar-refractivity contribution in [2.24, 2.45) is 11.5 Å². The number of nitrogens with two attached hydrogens (primary N) is 2. The summed E-state index contributed by atoms with van der Waals surface area (Å²) in [6.45, 7) is 2.27. The minimum Gasteiger partial charge on any atom is -0.369 e. The molecule has 0 saturated heterocycles. The van der Waals surface area contributed by atoms with Crippen molar-refractivity contribution in [1.29, 1.82) is 0 Å². The highest BCUT2D eigenvalue weighted by Gasteiger charge is 2.18. The monoisotopic (exact) mass is 291 g/mol. The molecule has 0 aliphatic heterocycles. The first-order valence-electron chi connectivity index (χ1n) is 6.40. The number of hydrogen-bond acceptors (Lipinski definition) is 6. The van der Waals surface area contributed by atoms with Crippen molar-refractivity contribution in [1.82, 2.24) is 14.4 Å². The second-order valence-electron chi connectivity index (χ2n) is 4.43. The summed E-state index contributed by atoms with van der Waals surface area (Å²) in [6.07, 6.45) is 5.11. The highest BCUT2D eigenvalue weighted by Crippen LogP contribution is 2.20. The summed E-state index contributed by atoms with van der Waals surface area (Å²) in [4.78, 5) is 32.4. The summed E-state index contributed by atoms with van der Waals surface area (Å²) in [5, 5.41) is 3.07. The van der Waals surface area contributed by atoms with Crippen molar-refractivity contribution in [3.63, 3.8) is 0 Å². The van der Waals surface area contributed by atoms with Crippen LogP contribution in [0.1, 0.15) is 6.92 Å². The Balaban J connectivity index is 2.50. The fourth-order valence-electron chi connectivity index (χ4n) is 1.98. The molecule has 0 aliphatic rings. The average molecular weight is 291 g/mol. The molecule has 2 rings (SSSR count). The van der Waals surface area contributed by atoms with Gasteiger partial charge in [-0.05, 0) is 6.92 Å². The molecule has 2 aromatic heterocycles. The molecule has 0 atom stereocenters. The number of amides is 2. The van der Waals surface area contributed by atoms with Crippen LogP contribution in [-0.4, -0.2) is 45.8 Å². The molecule has 0 saturated carbocycles. The third kappa shape index (κ3) is 3.38. The van der Waals surface area contributed by atoms with E-state index in [4.69, 9.17) is 11.5 Å². The Hall–Kier alpha value is -2.84. The minimum absolute atomic E-state index is 0.173. The molecule has 0 aromatic carbocycles. The quantitative estimate of drug-likeness (QED) is 0.595. The van der Waals surface area contributed by atoms with Gasteiger partial charge < -0.3 is 26.1 Å². The molecule has 2 aromatic rings. The molecule has 0 fully saturated rings. The van der Waals surface area contributed by atoms with E-state index in [1.165, 1.54) is 4.90 Å². The maximum atomic E-state index is 11.2. The molecule has 21 heavy (non-hydrogen) atoms. The summed E-state index contributed by atoms with van der Waals surface area (Å²) in [7, 11) is 0. The van der Waals surface area contributed by atoms with Gasteiger partial charge in [-0.25, -0.2) is 9.97 Å². The first-order valence-corrected chi connectivity index (χ1v) is 6.40. The van der Waals surface area contributed by atoms with Crippen LogP contribution < -0.4 is 21.7 Å². The van der Waals surface area contributed by atoms with Gasteiger partial charge in [0.1, 0.15) is 5.82 Å². The zero-order valence-electron chi connectivity index (χ0n) is 11.6. The Labute approximate surface area is 120 Å². The molecule has 2 heterocycles. The van der Waals surface area contributed by atoms with Crippen LogP contribution in [0.4, 0.5) is 11.6 Å². The normalized spacial score (nSPS) is 10.5. The van der Waals surface area contributed by atoms with E-state index in [0.717, 1.165) is 0 Å². The fourth-order valence-corrected chi connectivity index (χ4v) is 1.98. The van der Waals surface area contributed by atoms with Crippen LogP contribution in [0, 0.1) is 0 Å². The summed E-state index contributed by atoms with van der Waals surface area (Å²) in [5.74, 6) is -0.207. The summed E-state index contributed by atoms with van der Waals surface area (Å²) in [5.41, 5.74) is 11.0. The average Bonchev–Trinajstić information content (AvgIpc) is 2.84. The maximum absolute atomic E-state index is 11.2. The lowest BCUT2D eigenvalue weighted by Gasteiger charge is -2.21. The second kappa shape index (κ2) is 6.07. The van der Waals surface area contributed by atoms with Crippen molar-refractivity contribution >= 4 is 29.1 Å². The summed E-state index contributed by atoms with van der Waals surface area (Å²) < 4.78 is 1.75. The van der Waals surface area contributed by atoms with Crippen LogP contribution in [0.2, 0.25) is 0 Å². The number of fused-ring (bicyclic) bond motifs is 1. The molecule has 112 valence electrons. The number of imidazole rings is 1. The highest BCUT2D eigenvalue weighted by molar-refractivity contribution is 5.86. The first-order chi connectivity index (χ1) is 10.0. The third-order valence-electron chi connectivity index (χ3n) is 2.71. The Morgan fingerprint density at radius 3 is 2.57 bits per heavy atom. The van der Waals surface area contributed by atoms with Crippen LogP contribution >= 0.6 is 0 Å². The van der Waals surface area contributed by atoms with Crippen LogP contribution in [0.3, 0.4) is 0 Å². The van der Waals surface area contributed by atoms with Crippen molar-refractivity contribution in [2.45, 2.75) is 6.92 Å². The number of anilines is 2. The SMILES string of the molecule is CCNc1cn2ccnc2c(N(CC(N)=O)CC(N)=O)n1. The van der Waals surface area contributed by atoms with Gasteiger partial charge in [-0.3, -0.25) is 9.59 Å². The van der Waals surface area contributed by atoms with Crippen molar-refractivity contribution < 1.29 is 9.59 Å². The molecule has 0 bridgehead atoms. The lowest BCUT2D eigenvalue weighted by atomic mass is 10.4. The number of rotatable bonds is 7. The fraction of sp³-hybridized carbons (Fsp3) is 0.333. The first kappa shape index (κ1) is 14.6. The van der Waals surface area contributed by atoms with Gasteiger partial charge in [0.2, 0.25) is 11.8 Å². The standard InChI is InChI=1S/C12H17N7O2/c1-2-15-10-7-18-4-3-16-11(18)12(17-10)19(5-8(13)20)6-9(14)21/h3-4,7,15H,2,5-6H2,1H3,(H2,13,20)(H2,14,21). The van der Waals surface area contributed by atoms with E-state index in [1.54, 1.807) is 23.0 Å². The third-order valence-corrected chi connectivity index (χ3v) is 2.71. The smallest absolute Gasteiger partial charge is 0.237 e. The highest BCUT2D eigenvalue weighted by atomic mass is 16.2. The van der Waals surface area contributed by atoms with Crippen LogP contribution in [-0.2, 0) is 9.59 Å². The number of aromatic nitrogens is 3. The van der Waals surface area contributed by atoms with Gasteiger partial charge in [-0.2, -0.15) is 0 Å². The zero-order valence-corrected chi connectivity index (χ0v) is 11.6. The number of carbonyl (C=O) groups excluding carboxylic acids is 2. The Bertz CT molecular complexity index is 651. The van der Waals surface area contributed by atoms with E-state index in [1.807, 2.05) is 6.92 Å². The second-order valence-corrected chi connectivity index (χ2v) is 4.43. The Kier molecular flexibility index (Phi) is 4.21. The number of primary amides is 2. The molecule has 2 amide bonds. The van der Waals surface area contributed by atoms with Crippen molar-refractivity contribution in [3.05, 3.63) is 18.6 Å². The van der Waals surface area contributed by atoms with Gasteiger partial charge in [-0.15, -0.1) is 0 Å². The Morgan fingerprint density at radius 2 is 2.00 bits per heavy atom. The predicted molar refractivity (Wildman–Crippen MR) is 77.8 cm³/mol. The molecule has 0 radical (unpaired) electrons. The van der Waals surface area contributed by atoms with E-state index in [0.29, 0.717) is 23.8 Å². The topological polar surface area (TPSA) is 132 Å². The van der Waals surface area contributed by atoms with E-state index in [-0.39, 0.29) is 13.1 Å². The largest absolute Gasteiger partial charge is 0.369 e. The van der Waals surface area contributed by atoms with Gasteiger partial charge in [-0.1, -0.05) is 0 Å². The van der Waals surface area contributed by atoms with Gasteiger partial charge in [0.25, 0.3) is 0 Å². The Morgan fingerprint density at radius 1 is 1.33 bits per heavy atom. The van der Waals surface area contributed by atoms with Gasteiger partial charge in [0.15, 0.2) is 11.5 Å². The van der Waals surface area contributed by atoms with Crippen molar-refractivity contribution in [3.8, 4) is 0 Å². The lowest BCUT2D eigenvalue weighted by molar-refractivity contribution is -0.117. The van der Waals surface area contributed by atoms with Gasteiger partial charge >= 0.3 is 0 Å². The number of hydrogen-bond donors (Lipinski definition) is 3. The lowest BCUT2D eigenvalue weighted by Crippen LogP contribution is -2.40. The number of carbonyl (C=O) groups is 2. The minimum atomic E-state index is -0.586. The number of nitrogens with one attached hydrogen (secondary N) is 1. The van der Waals surface area contributed by atoms with Crippen LogP contribution in [0.15, 0.2) is 18.6 Å². The van der Waals surface area contributed by atoms with Gasteiger partial charge in [0.05, 0.1) is 19.3 Å². The van der Waals surface area contributed by atoms with Crippen LogP contribution in [0.25, 0.3) is 5.65 Å². The molecule has 9 heteroatoms. The zero-order chi connectivity index (χ0) is 15.4. The predicted octanol–water partition coefficient (Wildman–Crippen LogP) is -1.06. The van der Waals surface area contributed by atoms with E-state index in [9.17, 15) is 9.59 Å². The maximum Gasteiger partial charge on any atom is 0.237 e. The summed E-state index contributed by atoms with van der Waals surface area (Å²) in [6, 6.07) is 0.